The largest absolute Gasteiger partial charge is 0.374 e. The first kappa shape index (κ1) is 13.9. The van der Waals surface area contributed by atoms with Crippen molar-refractivity contribution in [2.45, 2.75) is 46.4 Å². The Balaban J connectivity index is 2.62. The van der Waals surface area contributed by atoms with E-state index in [1.165, 1.54) is 6.07 Å². The number of aromatic amines is 1. The van der Waals surface area contributed by atoms with Gasteiger partial charge in [0.05, 0.1) is 5.69 Å². The van der Waals surface area contributed by atoms with Gasteiger partial charge in [-0.3, -0.25) is 4.79 Å². The first-order chi connectivity index (χ1) is 8.11. The van der Waals surface area contributed by atoms with Crippen LogP contribution in [0.15, 0.2) is 10.9 Å². The van der Waals surface area contributed by atoms with Gasteiger partial charge in [-0.25, -0.2) is 4.98 Å². The highest BCUT2D eigenvalue weighted by Gasteiger charge is 2.02. The Morgan fingerprint density at radius 2 is 2.29 bits per heavy atom. The number of hydrogen-bond acceptors (Lipinski definition) is 4. The zero-order chi connectivity index (χ0) is 12.7. The molecule has 1 aromatic rings. The van der Waals surface area contributed by atoms with E-state index < -0.39 is 0 Å². The van der Waals surface area contributed by atoms with Crippen molar-refractivity contribution >= 4 is 0 Å². The third-order valence-corrected chi connectivity index (χ3v) is 2.12. The molecule has 1 heterocycles. The smallest absolute Gasteiger partial charge is 0.251 e. The summed E-state index contributed by atoms with van der Waals surface area (Å²) in [4.78, 5) is 18.4. The Hall–Kier alpha value is -1.20. The topological polar surface area (TPSA) is 67.0 Å². The van der Waals surface area contributed by atoms with Gasteiger partial charge in [0.2, 0.25) is 0 Å². The summed E-state index contributed by atoms with van der Waals surface area (Å²) in [6, 6.07) is 1.88. The van der Waals surface area contributed by atoms with Crippen molar-refractivity contribution < 1.29 is 4.74 Å². The molecule has 5 nitrogen and oxygen atoms in total. The standard InChI is InChI=1S/C12H21N3O2/c1-4-5-17-8-11-14-10(6-12(16)15-11)7-13-9(2)3/h6,9,13H,4-5,7-8H2,1-3H3,(H,14,15,16). The molecule has 5 heteroatoms. The van der Waals surface area contributed by atoms with Crippen molar-refractivity contribution in [3.8, 4) is 0 Å². The maximum Gasteiger partial charge on any atom is 0.251 e. The highest BCUT2D eigenvalue weighted by molar-refractivity contribution is 5.02. The van der Waals surface area contributed by atoms with E-state index in [9.17, 15) is 4.79 Å². The van der Waals surface area contributed by atoms with E-state index in [-0.39, 0.29) is 5.56 Å². The fourth-order valence-corrected chi connectivity index (χ4v) is 1.34. The van der Waals surface area contributed by atoms with Crippen LogP contribution in [0.5, 0.6) is 0 Å². The third kappa shape index (κ3) is 5.60. The van der Waals surface area contributed by atoms with Gasteiger partial charge in [-0.15, -0.1) is 0 Å². The lowest BCUT2D eigenvalue weighted by atomic mass is 10.3. The molecule has 0 aliphatic heterocycles. The first-order valence-electron chi connectivity index (χ1n) is 6.02. The number of hydrogen-bond donors (Lipinski definition) is 2. The van der Waals surface area contributed by atoms with Gasteiger partial charge in [-0.05, 0) is 6.42 Å². The van der Waals surface area contributed by atoms with Gasteiger partial charge in [-0.1, -0.05) is 20.8 Å². The Bertz CT molecular complexity index is 388. The molecular weight excluding hydrogens is 218 g/mol. The molecule has 0 radical (unpaired) electrons. The zero-order valence-electron chi connectivity index (χ0n) is 10.7. The summed E-state index contributed by atoms with van der Waals surface area (Å²) >= 11 is 0. The van der Waals surface area contributed by atoms with Crippen LogP contribution >= 0.6 is 0 Å². The number of aromatic nitrogens is 2. The molecule has 0 fully saturated rings. The van der Waals surface area contributed by atoms with Crippen molar-refractivity contribution in [3.05, 3.63) is 27.9 Å². The Labute approximate surface area is 102 Å². The van der Waals surface area contributed by atoms with Crippen LogP contribution in [0.4, 0.5) is 0 Å². The third-order valence-electron chi connectivity index (χ3n) is 2.12. The molecule has 96 valence electrons. The van der Waals surface area contributed by atoms with Crippen molar-refractivity contribution in [1.29, 1.82) is 0 Å². The van der Waals surface area contributed by atoms with E-state index in [0.717, 1.165) is 12.1 Å². The highest BCUT2D eigenvalue weighted by atomic mass is 16.5. The quantitative estimate of drug-likeness (QED) is 0.701. The predicted octanol–water partition coefficient (Wildman–Crippen LogP) is 1.19. The van der Waals surface area contributed by atoms with Gasteiger partial charge in [0.25, 0.3) is 5.56 Å². The highest BCUT2D eigenvalue weighted by Crippen LogP contribution is 1.96. The van der Waals surface area contributed by atoms with E-state index in [1.54, 1.807) is 0 Å². The molecule has 0 saturated carbocycles. The molecule has 1 rings (SSSR count). The molecule has 1 aromatic heterocycles. The minimum Gasteiger partial charge on any atom is -0.374 e. The van der Waals surface area contributed by atoms with Gasteiger partial charge in [-0.2, -0.15) is 0 Å². The molecular formula is C12H21N3O2. The number of H-pyrrole nitrogens is 1. The Kier molecular flexibility index (Phi) is 5.86. The minimum atomic E-state index is -0.129. The van der Waals surface area contributed by atoms with Gasteiger partial charge in [0.1, 0.15) is 12.4 Å². The fraction of sp³-hybridized carbons (Fsp3) is 0.667. The molecule has 0 unspecified atom stereocenters. The van der Waals surface area contributed by atoms with Gasteiger partial charge < -0.3 is 15.0 Å². The normalized spacial score (nSPS) is 11.1. The Morgan fingerprint density at radius 1 is 1.53 bits per heavy atom. The summed E-state index contributed by atoms with van der Waals surface area (Å²) in [6.45, 7) is 7.79. The summed E-state index contributed by atoms with van der Waals surface area (Å²) in [5.41, 5.74) is 0.619. The summed E-state index contributed by atoms with van der Waals surface area (Å²) in [5, 5.41) is 3.23. The van der Waals surface area contributed by atoms with E-state index in [2.05, 4.69) is 29.1 Å². The SMILES string of the molecule is CCCOCc1nc(CNC(C)C)cc(=O)[nH]1. The Morgan fingerprint density at radius 3 is 2.94 bits per heavy atom. The maximum atomic E-state index is 11.4. The summed E-state index contributed by atoms with van der Waals surface area (Å²) in [5.74, 6) is 0.589. The summed E-state index contributed by atoms with van der Waals surface area (Å²) in [7, 11) is 0. The van der Waals surface area contributed by atoms with Crippen molar-refractivity contribution in [3.63, 3.8) is 0 Å². The van der Waals surface area contributed by atoms with Crippen LogP contribution in [-0.2, 0) is 17.9 Å². The van der Waals surface area contributed by atoms with Crippen LogP contribution in [0.1, 0.15) is 38.7 Å². The molecule has 0 amide bonds. The minimum absolute atomic E-state index is 0.129. The summed E-state index contributed by atoms with van der Waals surface area (Å²) < 4.78 is 5.35. The lowest BCUT2D eigenvalue weighted by Crippen LogP contribution is -2.24. The lowest BCUT2D eigenvalue weighted by Gasteiger charge is -2.08. The van der Waals surface area contributed by atoms with E-state index in [4.69, 9.17) is 4.74 Å². The van der Waals surface area contributed by atoms with Crippen LogP contribution in [-0.4, -0.2) is 22.6 Å². The number of nitrogens with one attached hydrogen (secondary N) is 2. The molecule has 0 spiro atoms. The number of rotatable bonds is 7. The van der Waals surface area contributed by atoms with Crippen molar-refractivity contribution in [1.82, 2.24) is 15.3 Å². The fourth-order valence-electron chi connectivity index (χ4n) is 1.34. The van der Waals surface area contributed by atoms with Gasteiger partial charge in [0.15, 0.2) is 0 Å². The van der Waals surface area contributed by atoms with Crippen LogP contribution < -0.4 is 10.9 Å². The second kappa shape index (κ2) is 7.19. The van der Waals surface area contributed by atoms with Crippen molar-refractivity contribution in [2.24, 2.45) is 0 Å². The predicted molar refractivity (Wildman–Crippen MR) is 66.8 cm³/mol. The molecule has 0 atom stereocenters. The summed E-state index contributed by atoms with van der Waals surface area (Å²) in [6.07, 6.45) is 0.957. The van der Waals surface area contributed by atoms with E-state index in [1.807, 2.05) is 6.92 Å². The monoisotopic (exact) mass is 239 g/mol. The van der Waals surface area contributed by atoms with Gasteiger partial charge in [0, 0.05) is 25.3 Å². The maximum absolute atomic E-state index is 11.4. The molecule has 0 saturated heterocycles. The molecule has 17 heavy (non-hydrogen) atoms. The van der Waals surface area contributed by atoms with Crippen molar-refractivity contribution in [2.75, 3.05) is 6.61 Å². The number of nitrogens with zero attached hydrogens (tertiary/aromatic N) is 1. The average Bonchev–Trinajstić information content (AvgIpc) is 2.26. The first-order valence-corrected chi connectivity index (χ1v) is 6.02. The lowest BCUT2D eigenvalue weighted by molar-refractivity contribution is 0.115. The molecule has 0 aliphatic rings. The second-order valence-electron chi connectivity index (χ2n) is 4.27. The van der Waals surface area contributed by atoms with Crippen LogP contribution in [0.3, 0.4) is 0 Å². The van der Waals surface area contributed by atoms with Crippen LogP contribution in [0.25, 0.3) is 0 Å². The molecule has 0 aliphatic carbocycles. The van der Waals surface area contributed by atoms with Gasteiger partial charge >= 0.3 is 0 Å². The van der Waals surface area contributed by atoms with E-state index >= 15 is 0 Å². The molecule has 0 aromatic carbocycles. The van der Waals surface area contributed by atoms with Crippen LogP contribution in [0.2, 0.25) is 0 Å². The number of ether oxygens (including phenoxy) is 1. The molecule has 2 N–H and O–H groups in total. The van der Waals surface area contributed by atoms with E-state index in [0.29, 0.717) is 31.6 Å². The molecule has 0 bridgehead atoms. The average molecular weight is 239 g/mol. The second-order valence-corrected chi connectivity index (χ2v) is 4.27. The zero-order valence-corrected chi connectivity index (χ0v) is 10.7. The van der Waals surface area contributed by atoms with Crippen LogP contribution in [0, 0.1) is 0 Å².